The normalized spacial score (nSPS) is 12.8. The molecule has 0 saturated heterocycles. The lowest BCUT2D eigenvalue weighted by Gasteiger charge is -2.16. The summed E-state index contributed by atoms with van der Waals surface area (Å²) >= 11 is 0. The van der Waals surface area contributed by atoms with E-state index < -0.39 is 6.04 Å². The highest BCUT2D eigenvalue weighted by Crippen LogP contribution is 2.34. The number of rotatable bonds is 8. The highest BCUT2D eigenvalue weighted by molar-refractivity contribution is 5.96. The molecule has 0 spiro atoms. The lowest BCUT2D eigenvalue weighted by Crippen LogP contribution is -2.31. The van der Waals surface area contributed by atoms with E-state index in [4.69, 9.17) is 14.2 Å². The molecule has 0 bridgehead atoms. The van der Waals surface area contributed by atoms with Gasteiger partial charge in [0.05, 0.1) is 0 Å². The van der Waals surface area contributed by atoms with E-state index in [1.54, 1.807) is 49.4 Å². The van der Waals surface area contributed by atoms with Gasteiger partial charge in [-0.25, -0.2) is 0 Å². The van der Waals surface area contributed by atoms with E-state index in [0.717, 1.165) is 5.69 Å². The number of nitrogens with one attached hydrogen (secondary N) is 3. The summed E-state index contributed by atoms with van der Waals surface area (Å²) in [7, 11) is 0. The van der Waals surface area contributed by atoms with Gasteiger partial charge in [-0.15, -0.1) is 0 Å². The fourth-order valence-electron chi connectivity index (χ4n) is 2.58. The molecule has 1 aliphatic rings. The first-order chi connectivity index (χ1) is 13.5. The van der Waals surface area contributed by atoms with Crippen molar-refractivity contribution in [3.05, 3.63) is 42.5 Å². The maximum absolute atomic E-state index is 12.4. The maximum Gasteiger partial charge on any atom is 0.257 e. The fraction of sp³-hybridized carbons (Fsp3) is 0.300. The van der Waals surface area contributed by atoms with Gasteiger partial charge in [0.2, 0.25) is 12.7 Å². The molecule has 3 rings (SSSR count). The van der Waals surface area contributed by atoms with Crippen LogP contribution < -0.4 is 30.2 Å². The monoisotopic (exact) mass is 385 g/mol. The number of amides is 2. The number of anilines is 2. The Morgan fingerprint density at radius 2 is 1.79 bits per heavy atom. The summed E-state index contributed by atoms with van der Waals surface area (Å²) in [6, 6.07) is 11.8. The Bertz CT molecular complexity index is 838. The molecule has 0 radical (unpaired) electrons. The molecular formula is C20H23N3O5. The van der Waals surface area contributed by atoms with E-state index >= 15 is 0 Å². The fourth-order valence-corrected chi connectivity index (χ4v) is 2.58. The number of fused-ring (bicyclic) bond motifs is 1. The molecule has 1 atom stereocenters. The number of hydrogen-bond acceptors (Lipinski definition) is 6. The van der Waals surface area contributed by atoms with Crippen LogP contribution in [0.25, 0.3) is 0 Å². The van der Waals surface area contributed by atoms with Crippen LogP contribution in [0.15, 0.2) is 42.5 Å². The van der Waals surface area contributed by atoms with Gasteiger partial charge in [-0.2, -0.15) is 0 Å². The van der Waals surface area contributed by atoms with Gasteiger partial charge in [-0.05, 0) is 50.2 Å². The largest absolute Gasteiger partial charge is 0.484 e. The first-order valence-corrected chi connectivity index (χ1v) is 9.01. The van der Waals surface area contributed by atoms with E-state index in [9.17, 15) is 9.59 Å². The molecule has 28 heavy (non-hydrogen) atoms. The van der Waals surface area contributed by atoms with Crippen LogP contribution in [0.1, 0.15) is 13.8 Å². The zero-order chi connectivity index (χ0) is 19.9. The van der Waals surface area contributed by atoms with Gasteiger partial charge in [-0.3, -0.25) is 9.59 Å². The van der Waals surface area contributed by atoms with Gasteiger partial charge in [0.25, 0.3) is 5.91 Å². The van der Waals surface area contributed by atoms with Crippen LogP contribution in [-0.2, 0) is 9.59 Å². The average Bonchev–Trinajstić information content (AvgIpc) is 3.15. The van der Waals surface area contributed by atoms with Crippen LogP contribution in [0.3, 0.4) is 0 Å². The predicted octanol–water partition coefficient (Wildman–Crippen LogP) is 2.37. The molecule has 0 fully saturated rings. The van der Waals surface area contributed by atoms with Gasteiger partial charge in [-0.1, -0.05) is 0 Å². The minimum Gasteiger partial charge on any atom is -0.484 e. The Labute approximate surface area is 163 Å². The molecule has 3 N–H and O–H groups in total. The summed E-state index contributed by atoms with van der Waals surface area (Å²) in [6.45, 7) is 4.34. The SMILES string of the molecule is CCNC(=O)COc1ccc(NC(C)C(=O)Nc2ccc3c(c2)OCO3)cc1. The second kappa shape index (κ2) is 8.98. The van der Waals surface area contributed by atoms with E-state index in [1.807, 2.05) is 6.92 Å². The average molecular weight is 385 g/mol. The maximum atomic E-state index is 12.4. The van der Waals surface area contributed by atoms with E-state index in [1.165, 1.54) is 0 Å². The summed E-state index contributed by atoms with van der Waals surface area (Å²) in [5.74, 6) is 1.50. The minimum atomic E-state index is -0.465. The number of likely N-dealkylation sites (N-methyl/N-ethyl adjacent to an activating group) is 1. The molecule has 0 aliphatic carbocycles. The number of benzene rings is 2. The first-order valence-electron chi connectivity index (χ1n) is 9.01. The van der Waals surface area contributed by atoms with Crippen LogP contribution in [-0.4, -0.2) is 37.8 Å². The highest BCUT2D eigenvalue weighted by atomic mass is 16.7. The lowest BCUT2D eigenvalue weighted by atomic mass is 10.2. The Kier molecular flexibility index (Phi) is 6.21. The zero-order valence-electron chi connectivity index (χ0n) is 15.8. The summed E-state index contributed by atoms with van der Waals surface area (Å²) in [5.41, 5.74) is 1.40. The van der Waals surface area contributed by atoms with Crippen LogP contribution in [0.4, 0.5) is 11.4 Å². The molecule has 1 aliphatic heterocycles. The van der Waals surface area contributed by atoms with Crippen molar-refractivity contribution < 1.29 is 23.8 Å². The van der Waals surface area contributed by atoms with E-state index in [2.05, 4.69) is 16.0 Å². The molecule has 8 nitrogen and oxygen atoms in total. The summed E-state index contributed by atoms with van der Waals surface area (Å²) in [6.07, 6.45) is 0. The van der Waals surface area contributed by atoms with Crippen molar-refractivity contribution in [3.63, 3.8) is 0 Å². The van der Waals surface area contributed by atoms with Crippen LogP contribution in [0.5, 0.6) is 17.2 Å². The molecule has 148 valence electrons. The lowest BCUT2D eigenvalue weighted by molar-refractivity contribution is -0.123. The second-order valence-electron chi connectivity index (χ2n) is 6.19. The number of ether oxygens (including phenoxy) is 3. The summed E-state index contributed by atoms with van der Waals surface area (Å²) in [5, 5.41) is 8.63. The molecule has 2 amide bonds. The zero-order valence-corrected chi connectivity index (χ0v) is 15.8. The van der Waals surface area contributed by atoms with Crippen molar-refractivity contribution in [3.8, 4) is 17.2 Å². The molecule has 0 saturated carbocycles. The van der Waals surface area contributed by atoms with Gasteiger partial charge >= 0.3 is 0 Å². The van der Waals surface area contributed by atoms with Crippen molar-refractivity contribution in [1.82, 2.24) is 5.32 Å². The number of hydrogen-bond donors (Lipinski definition) is 3. The van der Waals surface area contributed by atoms with Crippen molar-refractivity contribution in [2.45, 2.75) is 19.9 Å². The van der Waals surface area contributed by atoms with Gasteiger partial charge in [0.15, 0.2) is 18.1 Å². The minimum absolute atomic E-state index is 0.0328. The highest BCUT2D eigenvalue weighted by Gasteiger charge is 2.17. The Balaban J connectivity index is 1.50. The molecule has 1 unspecified atom stereocenters. The molecule has 2 aromatic rings. The third-order valence-electron chi connectivity index (χ3n) is 4.01. The molecule has 2 aromatic carbocycles. The summed E-state index contributed by atoms with van der Waals surface area (Å²) in [4.78, 5) is 23.8. The smallest absolute Gasteiger partial charge is 0.257 e. The topological polar surface area (TPSA) is 97.9 Å². The summed E-state index contributed by atoms with van der Waals surface area (Å²) < 4.78 is 16.0. The van der Waals surface area contributed by atoms with Crippen molar-refractivity contribution in [2.75, 3.05) is 30.6 Å². The van der Waals surface area contributed by atoms with Crippen LogP contribution in [0, 0.1) is 0 Å². The van der Waals surface area contributed by atoms with E-state index in [-0.39, 0.29) is 25.2 Å². The third kappa shape index (κ3) is 5.06. The van der Waals surface area contributed by atoms with Crippen LogP contribution >= 0.6 is 0 Å². The molecule has 1 heterocycles. The van der Waals surface area contributed by atoms with Crippen molar-refractivity contribution in [2.24, 2.45) is 0 Å². The molecule has 8 heteroatoms. The molecule has 0 aromatic heterocycles. The van der Waals surface area contributed by atoms with Crippen molar-refractivity contribution >= 4 is 23.2 Å². The van der Waals surface area contributed by atoms with Gasteiger partial charge in [0.1, 0.15) is 11.8 Å². The Hall–Kier alpha value is -3.42. The Morgan fingerprint density at radius 1 is 1.07 bits per heavy atom. The predicted molar refractivity (Wildman–Crippen MR) is 105 cm³/mol. The molecular weight excluding hydrogens is 362 g/mol. The first kappa shape index (κ1) is 19.3. The quantitative estimate of drug-likeness (QED) is 0.645. The Morgan fingerprint density at radius 3 is 2.54 bits per heavy atom. The van der Waals surface area contributed by atoms with E-state index in [0.29, 0.717) is 29.5 Å². The van der Waals surface area contributed by atoms with Gasteiger partial charge < -0.3 is 30.2 Å². The van der Waals surface area contributed by atoms with Gasteiger partial charge in [0, 0.05) is 24.0 Å². The van der Waals surface area contributed by atoms with Crippen molar-refractivity contribution in [1.29, 1.82) is 0 Å². The number of carbonyl (C=O) groups is 2. The number of carbonyl (C=O) groups excluding carboxylic acids is 2. The third-order valence-corrected chi connectivity index (χ3v) is 4.01. The van der Waals surface area contributed by atoms with Crippen LogP contribution in [0.2, 0.25) is 0 Å². The standard InChI is InChI=1S/C20H23N3O5/c1-3-21-19(24)11-26-16-7-4-14(5-8-16)22-13(2)20(25)23-15-6-9-17-18(10-15)28-12-27-17/h4-10,13,22H,3,11-12H2,1-2H3,(H,21,24)(H,23,25). The second-order valence-corrected chi connectivity index (χ2v) is 6.19.